The number of thiophene rings is 2. The number of allylic oxidation sites excluding steroid dienone is 7. The molecule has 0 fully saturated rings. The van der Waals surface area contributed by atoms with E-state index in [9.17, 15) is 0 Å². The van der Waals surface area contributed by atoms with Crippen LogP contribution in [0.2, 0.25) is 0 Å². The molecule has 0 saturated heterocycles. The molecule has 0 N–H and O–H groups in total. The van der Waals surface area contributed by atoms with E-state index >= 15 is 0 Å². The number of fused-ring (bicyclic) bond motifs is 10. The second-order valence-corrected chi connectivity index (χ2v) is 24.1. The molecule has 0 atom stereocenters. The van der Waals surface area contributed by atoms with Crippen LogP contribution in [0, 0.1) is 0 Å². The molecule has 3 nitrogen and oxygen atoms in total. The molecular weight excluding hydrogens is 1020 g/mol. The van der Waals surface area contributed by atoms with Gasteiger partial charge in [0, 0.05) is 85.5 Å². The minimum absolute atomic E-state index is 0.155. The van der Waals surface area contributed by atoms with Crippen molar-refractivity contribution >= 4 is 115 Å². The molecular formula is C76H57N3S2. The first kappa shape index (κ1) is 48.8. The summed E-state index contributed by atoms with van der Waals surface area (Å²) in [7, 11) is 0. The second-order valence-electron chi connectivity index (χ2n) is 21.9. The first-order valence-corrected chi connectivity index (χ1v) is 29.8. The Hall–Kier alpha value is -9.26. The highest BCUT2D eigenvalue weighted by atomic mass is 32.1. The molecule has 3 heterocycles. The standard InChI is InChI=1S/C76H57N3S2/c1-4-5-8-25-58-44-52-36-39-57(47-74(52)80-58)79-71-46-56(41-43-63(71)65-48-66-64-29-16-20-33-73(64)81-75(66)49-72(65)79)77(53-23-11-7-12-24-53)69-31-18-14-27-61(69)62-28-15-19-32-70(62)78(54-37-34-51(35-38-54)50-21-9-6-10-22-50)55-40-42-60-59-26-13-17-30-67(59)76(2,3)68(60)45-55/h4-34,36-37,39-49H,35,38H2,1-3H3/b5-4-,25-8-. The fourth-order valence-corrected chi connectivity index (χ4v) is 15.1. The summed E-state index contributed by atoms with van der Waals surface area (Å²) in [6, 6.07) is 86.2. The third-order valence-corrected chi connectivity index (χ3v) is 19.0. The van der Waals surface area contributed by atoms with E-state index in [1.807, 2.05) is 22.7 Å². The largest absolute Gasteiger partial charge is 0.314 e. The zero-order valence-electron chi connectivity index (χ0n) is 45.5. The van der Waals surface area contributed by atoms with Crippen molar-refractivity contribution in [3.05, 3.63) is 288 Å². The van der Waals surface area contributed by atoms with Crippen LogP contribution in [-0.2, 0) is 5.41 Å². The smallest absolute Gasteiger partial charge is 0.0561 e. The van der Waals surface area contributed by atoms with Gasteiger partial charge < -0.3 is 14.4 Å². The molecule has 2 aliphatic rings. The van der Waals surface area contributed by atoms with Crippen molar-refractivity contribution in [3.8, 4) is 27.9 Å². The van der Waals surface area contributed by atoms with Crippen LogP contribution in [0.3, 0.4) is 0 Å². The van der Waals surface area contributed by atoms with Crippen molar-refractivity contribution < 1.29 is 0 Å². The SMILES string of the molecule is C/C=C\C=C/c1cc2ccc(-n3c4cc(N(c5ccccc5)c5ccccc5-c5ccccc5N(C5=CC=C(c6ccccc6)CC5)c5ccc6c(c5)C(C)(C)c5ccccc5-6)ccc4c4cc5c(cc43)sc3ccccc35)cc2s1. The van der Waals surface area contributed by atoms with Gasteiger partial charge in [0.25, 0.3) is 0 Å². The van der Waals surface area contributed by atoms with Gasteiger partial charge in [-0.15, -0.1) is 22.7 Å². The van der Waals surface area contributed by atoms with Gasteiger partial charge >= 0.3 is 0 Å². The van der Waals surface area contributed by atoms with Gasteiger partial charge in [-0.25, -0.2) is 0 Å². The molecule has 0 saturated carbocycles. The van der Waals surface area contributed by atoms with Crippen molar-refractivity contribution in [2.24, 2.45) is 0 Å². The molecule has 5 heteroatoms. The van der Waals surface area contributed by atoms with Crippen LogP contribution >= 0.6 is 22.7 Å². The summed E-state index contributed by atoms with van der Waals surface area (Å²) in [6.45, 7) is 6.82. The Kier molecular flexibility index (Phi) is 12.0. The van der Waals surface area contributed by atoms with Crippen LogP contribution in [0.25, 0.3) is 91.7 Å². The Morgan fingerprint density at radius 1 is 0.444 bits per heavy atom. The van der Waals surface area contributed by atoms with Gasteiger partial charge in [-0.1, -0.05) is 184 Å². The van der Waals surface area contributed by atoms with E-state index < -0.39 is 0 Å². The molecule has 0 aliphatic heterocycles. The quantitative estimate of drug-likeness (QED) is 0.120. The maximum absolute atomic E-state index is 2.56. The van der Waals surface area contributed by atoms with Gasteiger partial charge in [0.2, 0.25) is 0 Å². The minimum Gasteiger partial charge on any atom is -0.314 e. The Morgan fingerprint density at radius 2 is 1.12 bits per heavy atom. The summed E-state index contributed by atoms with van der Waals surface area (Å²) in [4.78, 5) is 6.27. The van der Waals surface area contributed by atoms with E-state index in [2.05, 4.69) is 302 Å². The van der Waals surface area contributed by atoms with Gasteiger partial charge in [-0.3, -0.25) is 0 Å². The van der Waals surface area contributed by atoms with Gasteiger partial charge in [-0.2, -0.15) is 0 Å². The Balaban J connectivity index is 0.923. The summed E-state index contributed by atoms with van der Waals surface area (Å²) >= 11 is 3.72. The lowest BCUT2D eigenvalue weighted by Crippen LogP contribution is -2.20. The number of nitrogens with zero attached hydrogens (tertiary/aromatic N) is 3. The highest BCUT2D eigenvalue weighted by Gasteiger charge is 2.36. The molecule has 2 aliphatic carbocycles. The number of aromatic nitrogens is 1. The van der Waals surface area contributed by atoms with Gasteiger partial charge in [0.05, 0.1) is 22.4 Å². The topological polar surface area (TPSA) is 11.4 Å². The van der Waals surface area contributed by atoms with Crippen LogP contribution in [0.15, 0.2) is 267 Å². The lowest BCUT2D eigenvalue weighted by Gasteiger charge is -2.34. The zero-order chi connectivity index (χ0) is 54.2. The predicted octanol–water partition coefficient (Wildman–Crippen LogP) is 22.3. The first-order chi connectivity index (χ1) is 39.9. The zero-order valence-corrected chi connectivity index (χ0v) is 47.1. The molecule has 0 bridgehead atoms. The third-order valence-electron chi connectivity index (χ3n) is 16.8. The first-order valence-electron chi connectivity index (χ1n) is 28.1. The molecule has 15 rings (SSSR count). The average molecular weight is 1080 g/mol. The Morgan fingerprint density at radius 3 is 1.91 bits per heavy atom. The normalized spacial score (nSPS) is 13.9. The molecule has 0 radical (unpaired) electrons. The van der Waals surface area contributed by atoms with E-state index in [1.165, 1.54) is 90.5 Å². The molecule has 388 valence electrons. The lowest BCUT2D eigenvalue weighted by molar-refractivity contribution is 0.660. The number of para-hydroxylation sites is 3. The van der Waals surface area contributed by atoms with E-state index in [0.29, 0.717) is 0 Å². The maximum Gasteiger partial charge on any atom is 0.0561 e. The molecule has 81 heavy (non-hydrogen) atoms. The van der Waals surface area contributed by atoms with Crippen LogP contribution in [0.5, 0.6) is 0 Å². The molecule has 3 aromatic heterocycles. The number of hydrogen-bond acceptors (Lipinski definition) is 4. The average Bonchev–Trinajstić information content (AvgIpc) is 4.41. The number of benzene rings is 10. The fourth-order valence-electron chi connectivity index (χ4n) is 13.0. The summed E-state index contributed by atoms with van der Waals surface area (Å²) in [5.74, 6) is 0. The van der Waals surface area contributed by atoms with Crippen molar-refractivity contribution in [1.29, 1.82) is 0 Å². The fraction of sp³-hybridized carbons (Fsp3) is 0.0789. The highest BCUT2D eigenvalue weighted by molar-refractivity contribution is 7.25. The highest BCUT2D eigenvalue weighted by Crippen LogP contribution is 2.53. The van der Waals surface area contributed by atoms with E-state index in [1.54, 1.807) is 0 Å². The summed E-state index contributed by atoms with van der Waals surface area (Å²) in [5, 5.41) is 6.33. The Labute approximate surface area is 481 Å². The predicted molar refractivity (Wildman–Crippen MR) is 351 cm³/mol. The van der Waals surface area contributed by atoms with Crippen LogP contribution < -0.4 is 9.80 Å². The minimum atomic E-state index is -0.155. The number of hydrogen-bond donors (Lipinski definition) is 0. The second kappa shape index (κ2) is 19.8. The van der Waals surface area contributed by atoms with Crippen molar-refractivity contribution in [2.45, 2.75) is 39.0 Å². The van der Waals surface area contributed by atoms with Crippen molar-refractivity contribution in [2.75, 3.05) is 9.80 Å². The lowest BCUT2D eigenvalue weighted by atomic mass is 9.82. The number of rotatable bonds is 11. The van der Waals surface area contributed by atoms with Crippen molar-refractivity contribution in [1.82, 2.24) is 4.57 Å². The maximum atomic E-state index is 2.56. The number of anilines is 5. The molecule has 13 aromatic rings. The molecule has 0 amide bonds. The van der Waals surface area contributed by atoms with Crippen LogP contribution in [0.1, 0.15) is 55.2 Å². The van der Waals surface area contributed by atoms with E-state index in [0.717, 1.165) is 63.6 Å². The monoisotopic (exact) mass is 1080 g/mol. The third kappa shape index (κ3) is 8.29. The van der Waals surface area contributed by atoms with Gasteiger partial charge in [-0.05, 0) is 156 Å². The summed E-state index contributed by atoms with van der Waals surface area (Å²) in [6.07, 6.45) is 15.1. The van der Waals surface area contributed by atoms with E-state index in [4.69, 9.17) is 0 Å². The molecule has 10 aromatic carbocycles. The van der Waals surface area contributed by atoms with Gasteiger partial charge in [0.15, 0.2) is 0 Å². The van der Waals surface area contributed by atoms with Gasteiger partial charge in [0.1, 0.15) is 0 Å². The van der Waals surface area contributed by atoms with Crippen LogP contribution in [-0.4, -0.2) is 4.57 Å². The Bertz CT molecular complexity index is 4750. The molecule has 0 spiro atoms. The summed E-state index contributed by atoms with van der Waals surface area (Å²) in [5.41, 5.74) is 20.5. The van der Waals surface area contributed by atoms with Crippen molar-refractivity contribution in [3.63, 3.8) is 0 Å². The van der Waals surface area contributed by atoms with Crippen LogP contribution in [0.4, 0.5) is 28.4 Å². The summed E-state index contributed by atoms with van der Waals surface area (Å²) < 4.78 is 6.38. The van der Waals surface area contributed by atoms with E-state index in [-0.39, 0.29) is 5.41 Å². The molecule has 0 unspecified atom stereocenters.